The van der Waals surface area contributed by atoms with Gasteiger partial charge < -0.3 is 21.7 Å². The smallest absolute Gasteiger partial charge is 0.220 e. The molecule has 1 amide bonds. The maximum absolute atomic E-state index is 11.9. The average molecular weight is 329 g/mol. The van der Waals surface area contributed by atoms with Gasteiger partial charge in [0, 0.05) is 24.5 Å². The normalized spacial score (nSPS) is 14.0. The second kappa shape index (κ2) is 7.49. The number of hydrogen-bond acceptors (Lipinski definition) is 4. The summed E-state index contributed by atoms with van der Waals surface area (Å²) in [5.74, 6) is 0.0175. The van der Waals surface area contributed by atoms with E-state index in [-0.39, 0.29) is 22.4 Å². The van der Waals surface area contributed by atoms with E-state index in [2.05, 4.69) is 33.0 Å². The number of nitrogens with two attached hydrogens (primary N) is 2. The third kappa shape index (κ3) is 7.64. The third-order valence-corrected chi connectivity index (χ3v) is 5.06. The van der Waals surface area contributed by atoms with Crippen LogP contribution in [0.15, 0.2) is 0 Å². The fourth-order valence-corrected chi connectivity index (χ4v) is 2.49. The van der Waals surface area contributed by atoms with E-state index in [0.29, 0.717) is 6.54 Å². The number of carbonyl (C=O) groups excluding carboxylic acids is 1. The Hall–Kier alpha value is -0.650. The van der Waals surface area contributed by atoms with E-state index < -0.39 is 5.66 Å². The summed E-state index contributed by atoms with van der Waals surface area (Å²) in [6.07, 6.45) is 1.79. The fraction of sp³-hybridized carbons (Fsp3) is 0.944. The Balaban J connectivity index is 4.79. The monoisotopic (exact) mass is 328 g/mol. The lowest BCUT2D eigenvalue weighted by Gasteiger charge is -2.45. The minimum atomic E-state index is -0.636. The summed E-state index contributed by atoms with van der Waals surface area (Å²) in [7, 11) is 0. The predicted molar refractivity (Wildman–Crippen MR) is 99.0 cm³/mol. The van der Waals surface area contributed by atoms with Crippen LogP contribution >= 0.6 is 0 Å². The van der Waals surface area contributed by atoms with E-state index >= 15 is 0 Å². The maximum atomic E-state index is 11.9. The molecule has 0 aliphatic heterocycles. The van der Waals surface area contributed by atoms with Crippen LogP contribution in [0.2, 0.25) is 0 Å². The summed E-state index contributed by atoms with van der Waals surface area (Å²) >= 11 is 0. The minimum absolute atomic E-state index is 0.00465. The molecule has 0 saturated heterocycles. The summed E-state index contributed by atoms with van der Waals surface area (Å²) in [4.78, 5) is 13.6. The number of rotatable bonds is 9. The zero-order valence-corrected chi connectivity index (χ0v) is 16.8. The van der Waals surface area contributed by atoms with Crippen LogP contribution in [0.4, 0.5) is 0 Å². The quantitative estimate of drug-likeness (QED) is 0.568. The highest BCUT2D eigenvalue weighted by Crippen LogP contribution is 2.34. The van der Waals surface area contributed by atoms with Crippen molar-refractivity contribution in [1.82, 2.24) is 10.2 Å². The third-order valence-electron chi connectivity index (χ3n) is 5.06. The van der Waals surface area contributed by atoms with Crippen LogP contribution in [0, 0.1) is 5.41 Å². The van der Waals surface area contributed by atoms with Gasteiger partial charge in [-0.15, -0.1) is 0 Å². The Morgan fingerprint density at radius 1 is 0.957 bits per heavy atom. The minimum Gasteiger partial charge on any atom is -0.326 e. The Kier molecular flexibility index (Phi) is 7.28. The highest BCUT2D eigenvalue weighted by atomic mass is 16.2. The molecule has 0 aromatic rings. The topological polar surface area (TPSA) is 84.4 Å². The van der Waals surface area contributed by atoms with Gasteiger partial charge in [-0.3, -0.25) is 4.79 Å². The largest absolute Gasteiger partial charge is 0.326 e. The van der Waals surface area contributed by atoms with Crippen molar-refractivity contribution >= 4 is 5.91 Å². The second-order valence-electron chi connectivity index (χ2n) is 9.25. The molecule has 0 unspecified atom stereocenters. The molecule has 0 heterocycles. The van der Waals surface area contributed by atoms with Crippen molar-refractivity contribution < 1.29 is 4.79 Å². The summed E-state index contributed by atoms with van der Waals surface area (Å²) in [6.45, 7) is 19.8. The second-order valence-corrected chi connectivity index (χ2v) is 9.25. The molecule has 0 aliphatic rings. The summed E-state index contributed by atoms with van der Waals surface area (Å²) in [5.41, 5.74) is 11.3. The van der Waals surface area contributed by atoms with Gasteiger partial charge in [-0.1, -0.05) is 13.8 Å². The van der Waals surface area contributed by atoms with Crippen LogP contribution in [-0.4, -0.2) is 40.6 Å². The van der Waals surface area contributed by atoms with Gasteiger partial charge in [-0.2, -0.15) is 0 Å². The molecule has 23 heavy (non-hydrogen) atoms. The lowest BCUT2D eigenvalue weighted by atomic mass is 9.72. The van der Waals surface area contributed by atoms with E-state index in [4.69, 9.17) is 11.5 Å². The van der Waals surface area contributed by atoms with E-state index in [1.54, 1.807) is 11.8 Å². The number of carbonyl (C=O) groups is 1. The summed E-state index contributed by atoms with van der Waals surface area (Å²) in [5, 5.41) is 3.63. The molecule has 0 aliphatic carbocycles. The van der Waals surface area contributed by atoms with Crippen LogP contribution in [0.5, 0.6) is 0 Å². The van der Waals surface area contributed by atoms with E-state index in [0.717, 1.165) is 19.4 Å². The van der Waals surface area contributed by atoms with Gasteiger partial charge in [-0.25, -0.2) is 0 Å². The van der Waals surface area contributed by atoms with Crippen molar-refractivity contribution in [2.75, 3.05) is 13.1 Å². The number of amides is 1. The molecule has 0 rings (SSSR count). The molecular formula is C18H40N4O. The molecule has 0 aromatic heterocycles. The highest BCUT2D eigenvalue weighted by molar-refractivity contribution is 5.74. The predicted octanol–water partition coefficient (Wildman–Crippen LogP) is 2.44. The molecule has 0 radical (unpaired) electrons. The lowest BCUT2D eigenvalue weighted by Crippen LogP contribution is -2.57. The number of nitrogens with one attached hydrogen (secondary N) is 1. The molecule has 0 atom stereocenters. The molecule has 0 spiro atoms. The summed E-state index contributed by atoms with van der Waals surface area (Å²) < 4.78 is 0. The van der Waals surface area contributed by atoms with E-state index in [1.807, 2.05) is 27.7 Å². The summed E-state index contributed by atoms with van der Waals surface area (Å²) in [6, 6.07) is 0. The fourth-order valence-electron chi connectivity index (χ4n) is 2.49. The van der Waals surface area contributed by atoms with Crippen molar-refractivity contribution in [2.45, 2.75) is 91.9 Å². The molecule has 0 bridgehead atoms. The maximum Gasteiger partial charge on any atom is 0.220 e. The molecule has 0 aromatic carbocycles. The lowest BCUT2D eigenvalue weighted by molar-refractivity contribution is -0.134. The molecule has 0 saturated carbocycles. The van der Waals surface area contributed by atoms with Crippen molar-refractivity contribution in [2.24, 2.45) is 16.9 Å². The van der Waals surface area contributed by atoms with E-state index in [1.165, 1.54) is 0 Å². The first-order chi connectivity index (χ1) is 10.00. The molecule has 5 nitrogen and oxygen atoms in total. The van der Waals surface area contributed by atoms with Gasteiger partial charge in [-0.05, 0) is 66.3 Å². The average Bonchev–Trinajstić information content (AvgIpc) is 2.23. The first kappa shape index (κ1) is 22.4. The Bertz CT molecular complexity index is 389. The molecule has 5 N–H and O–H groups in total. The van der Waals surface area contributed by atoms with Crippen molar-refractivity contribution in [3.8, 4) is 0 Å². The van der Waals surface area contributed by atoms with Gasteiger partial charge in [0.15, 0.2) is 0 Å². The first-order valence-corrected chi connectivity index (χ1v) is 8.61. The molecule has 138 valence electrons. The zero-order valence-electron chi connectivity index (χ0n) is 16.8. The Morgan fingerprint density at radius 3 is 1.78 bits per heavy atom. The SMILES string of the molecule is CC(=O)N(CCC(C)(C)C(C)(C)NCCC(C)(C)N)C(C)(C)N. The van der Waals surface area contributed by atoms with Crippen molar-refractivity contribution in [3.05, 3.63) is 0 Å². The molecule has 0 fully saturated rings. The molecular weight excluding hydrogens is 288 g/mol. The highest BCUT2D eigenvalue weighted by Gasteiger charge is 2.37. The van der Waals surface area contributed by atoms with Gasteiger partial charge in [0.1, 0.15) is 0 Å². The number of nitrogens with zero attached hydrogens (tertiary/aromatic N) is 1. The van der Waals surface area contributed by atoms with Crippen molar-refractivity contribution in [1.29, 1.82) is 0 Å². The first-order valence-electron chi connectivity index (χ1n) is 8.61. The van der Waals surface area contributed by atoms with Crippen LogP contribution in [0.25, 0.3) is 0 Å². The van der Waals surface area contributed by atoms with Crippen LogP contribution in [0.1, 0.15) is 75.2 Å². The van der Waals surface area contributed by atoms with Crippen LogP contribution in [-0.2, 0) is 4.79 Å². The van der Waals surface area contributed by atoms with Crippen LogP contribution < -0.4 is 16.8 Å². The standard InChI is InChI=1S/C18H40N4O/c1-14(23)22(18(8,9)20)13-11-15(2,3)17(6,7)21-12-10-16(4,5)19/h21H,10-13,19-20H2,1-9H3. The Morgan fingerprint density at radius 2 is 1.43 bits per heavy atom. The van der Waals surface area contributed by atoms with Crippen LogP contribution in [0.3, 0.4) is 0 Å². The molecule has 5 heteroatoms. The Labute approximate surface area is 143 Å². The van der Waals surface area contributed by atoms with Gasteiger partial charge in [0.2, 0.25) is 5.91 Å². The zero-order chi connectivity index (χ0) is 18.7. The van der Waals surface area contributed by atoms with Crippen molar-refractivity contribution in [3.63, 3.8) is 0 Å². The van der Waals surface area contributed by atoms with Gasteiger partial charge in [0.25, 0.3) is 0 Å². The van der Waals surface area contributed by atoms with Gasteiger partial charge in [0.05, 0.1) is 5.66 Å². The number of hydrogen-bond donors (Lipinski definition) is 3. The van der Waals surface area contributed by atoms with E-state index in [9.17, 15) is 4.79 Å². The van der Waals surface area contributed by atoms with Gasteiger partial charge >= 0.3 is 0 Å².